The fourth-order valence-electron chi connectivity index (χ4n) is 2.37. The summed E-state index contributed by atoms with van der Waals surface area (Å²) in [6.45, 7) is 0. The van der Waals surface area contributed by atoms with Crippen molar-refractivity contribution in [3.8, 4) is 0 Å². The lowest BCUT2D eigenvalue weighted by atomic mass is 10.1. The SMILES string of the molecule is C(=NNc1nn[nH]n1)c1cccc2c1[nH]c1ccccc12. The van der Waals surface area contributed by atoms with Gasteiger partial charge in [0.2, 0.25) is 0 Å². The molecule has 4 aromatic rings. The normalized spacial score (nSPS) is 11.6. The Balaban J connectivity index is 1.76. The molecule has 2 aromatic carbocycles. The molecule has 0 bridgehead atoms. The summed E-state index contributed by atoms with van der Waals surface area (Å²) in [5.74, 6) is 0.329. The van der Waals surface area contributed by atoms with Crippen LogP contribution in [0.4, 0.5) is 5.95 Å². The van der Waals surface area contributed by atoms with E-state index in [9.17, 15) is 0 Å². The van der Waals surface area contributed by atoms with Crippen LogP contribution in [0, 0.1) is 0 Å². The van der Waals surface area contributed by atoms with E-state index in [0.29, 0.717) is 5.95 Å². The van der Waals surface area contributed by atoms with Crippen LogP contribution in [0.5, 0.6) is 0 Å². The Kier molecular flexibility index (Phi) is 2.60. The van der Waals surface area contributed by atoms with Crippen LogP contribution in [-0.4, -0.2) is 31.8 Å². The summed E-state index contributed by atoms with van der Waals surface area (Å²) in [5.41, 5.74) is 5.86. The van der Waals surface area contributed by atoms with Gasteiger partial charge >= 0.3 is 0 Å². The van der Waals surface area contributed by atoms with E-state index < -0.39 is 0 Å². The maximum atomic E-state index is 4.12. The lowest BCUT2D eigenvalue weighted by Crippen LogP contribution is -1.93. The van der Waals surface area contributed by atoms with Gasteiger partial charge in [0.05, 0.1) is 11.7 Å². The highest BCUT2D eigenvalue weighted by molar-refractivity contribution is 6.12. The van der Waals surface area contributed by atoms with Crippen molar-refractivity contribution < 1.29 is 0 Å². The molecule has 0 saturated carbocycles. The fourth-order valence-corrected chi connectivity index (χ4v) is 2.37. The van der Waals surface area contributed by atoms with Crippen molar-refractivity contribution >= 4 is 34.0 Å². The second kappa shape index (κ2) is 4.71. The molecule has 3 N–H and O–H groups in total. The Hall–Kier alpha value is -3.22. The van der Waals surface area contributed by atoms with Crippen LogP contribution in [0.3, 0.4) is 0 Å². The van der Waals surface area contributed by atoms with Crippen molar-refractivity contribution in [1.82, 2.24) is 25.6 Å². The number of aromatic amines is 2. The van der Waals surface area contributed by atoms with Gasteiger partial charge in [-0.15, -0.1) is 5.10 Å². The molecule has 7 nitrogen and oxygen atoms in total. The van der Waals surface area contributed by atoms with Crippen LogP contribution >= 0.6 is 0 Å². The van der Waals surface area contributed by atoms with Gasteiger partial charge in [-0.25, -0.2) is 5.43 Å². The minimum absolute atomic E-state index is 0.329. The lowest BCUT2D eigenvalue weighted by molar-refractivity contribution is 0.881. The molecule has 21 heavy (non-hydrogen) atoms. The molecule has 0 radical (unpaired) electrons. The number of nitrogens with one attached hydrogen (secondary N) is 3. The molecular weight excluding hydrogens is 266 g/mol. The third-order valence-corrected chi connectivity index (χ3v) is 3.29. The number of H-pyrrole nitrogens is 2. The maximum Gasteiger partial charge on any atom is 0.283 e. The highest BCUT2D eigenvalue weighted by Gasteiger charge is 2.05. The molecule has 0 amide bonds. The third kappa shape index (κ3) is 2.00. The highest BCUT2D eigenvalue weighted by Crippen LogP contribution is 2.26. The number of benzene rings is 2. The van der Waals surface area contributed by atoms with E-state index in [0.717, 1.165) is 16.6 Å². The molecular formula is C14H11N7. The van der Waals surface area contributed by atoms with Crippen molar-refractivity contribution in [2.45, 2.75) is 0 Å². The van der Waals surface area contributed by atoms with Gasteiger partial charge in [0.15, 0.2) is 0 Å². The van der Waals surface area contributed by atoms with E-state index in [-0.39, 0.29) is 0 Å². The van der Waals surface area contributed by atoms with Gasteiger partial charge in [0, 0.05) is 21.9 Å². The van der Waals surface area contributed by atoms with Crippen LogP contribution in [0.25, 0.3) is 21.8 Å². The summed E-state index contributed by atoms with van der Waals surface area (Å²) in [4.78, 5) is 3.42. The number of hydrogen-bond donors (Lipinski definition) is 3. The summed E-state index contributed by atoms with van der Waals surface area (Å²) < 4.78 is 0. The molecule has 0 aliphatic carbocycles. The Morgan fingerprint density at radius 2 is 1.95 bits per heavy atom. The van der Waals surface area contributed by atoms with E-state index in [1.165, 1.54) is 10.8 Å². The van der Waals surface area contributed by atoms with Crippen LogP contribution in [-0.2, 0) is 0 Å². The fraction of sp³-hybridized carbons (Fsp3) is 0. The molecule has 4 rings (SSSR count). The first-order valence-corrected chi connectivity index (χ1v) is 6.44. The van der Waals surface area contributed by atoms with Gasteiger partial charge in [-0.3, -0.25) is 0 Å². The molecule has 2 aromatic heterocycles. The van der Waals surface area contributed by atoms with Crippen molar-refractivity contribution in [2.75, 3.05) is 5.43 Å². The Morgan fingerprint density at radius 1 is 1.05 bits per heavy atom. The first kappa shape index (κ1) is 11.6. The Labute approximate surface area is 119 Å². The van der Waals surface area contributed by atoms with Crippen LogP contribution in [0.1, 0.15) is 5.56 Å². The number of tetrazole rings is 1. The predicted octanol–water partition coefficient (Wildman–Crippen LogP) is 2.28. The molecule has 0 unspecified atom stereocenters. The van der Waals surface area contributed by atoms with Crippen LogP contribution in [0.15, 0.2) is 47.6 Å². The zero-order chi connectivity index (χ0) is 14.1. The number of anilines is 1. The maximum absolute atomic E-state index is 4.12. The second-order valence-corrected chi connectivity index (χ2v) is 4.55. The zero-order valence-electron chi connectivity index (χ0n) is 10.9. The van der Waals surface area contributed by atoms with E-state index in [4.69, 9.17) is 0 Å². The molecule has 0 atom stereocenters. The van der Waals surface area contributed by atoms with Gasteiger partial charge in [0.25, 0.3) is 5.95 Å². The van der Waals surface area contributed by atoms with Gasteiger partial charge in [0.1, 0.15) is 0 Å². The van der Waals surface area contributed by atoms with Gasteiger partial charge < -0.3 is 4.98 Å². The summed E-state index contributed by atoms with van der Waals surface area (Å²) in [5, 5.41) is 19.8. The number of nitrogens with zero attached hydrogens (tertiary/aromatic N) is 4. The summed E-state index contributed by atoms with van der Waals surface area (Å²) >= 11 is 0. The standard InChI is InChI=1S/C14H11N7/c1-2-7-12-10(5-1)11-6-3-4-9(13(11)16-12)8-15-17-14-18-20-21-19-14/h1-8,16H,(H2,17,18,19,20,21). The van der Waals surface area contributed by atoms with E-state index in [1.54, 1.807) is 6.21 Å². The predicted molar refractivity (Wildman–Crippen MR) is 81.2 cm³/mol. The Morgan fingerprint density at radius 3 is 2.86 bits per heavy atom. The Bertz CT molecular complexity index is 921. The van der Waals surface area contributed by atoms with Crippen molar-refractivity contribution in [3.63, 3.8) is 0 Å². The summed E-state index contributed by atoms with van der Waals surface area (Å²) in [7, 11) is 0. The lowest BCUT2D eigenvalue weighted by Gasteiger charge is -1.96. The van der Waals surface area contributed by atoms with E-state index in [1.807, 2.05) is 24.3 Å². The summed E-state index contributed by atoms with van der Waals surface area (Å²) in [6.07, 6.45) is 1.73. The number of rotatable bonds is 3. The highest BCUT2D eigenvalue weighted by atomic mass is 15.5. The largest absolute Gasteiger partial charge is 0.354 e. The smallest absolute Gasteiger partial charge is 0.283 e. The van der Waals surface area contributed by atoms with Gasteiger partial charge in [-0.2, -0.15) is 10.3 Å². The molecule has 102 valence electrons. The first-order chi connectivity index (χ1) is 10.4. The molecule has 0 aliphatic rings. The average Bonchev–Trinajstić information content (AvgIpc) is 3.15. The minimum atomic E-state index is 0.329. The third-order valence-electron chi connectivity index (χ3n) is 3.29. The number of fused-ring (bicyclic) bond motifs is 3. The van der Waals surface area contributed by atoms with Crippen molar-refractivity contribution in [1.29, 1.82) is 0 Å². The molecule has 0 spiro atoms. The zero-order valence-corrected chi connectivity index (χ0v) is 10.9. The summed E-state index contributed by atoms with van der Waals surface area (Å²) in [6, 6.07) is 14.3. The number of aromatic nitrogens is 5. The number of para-hydroxylation sites is 2. The van der Waals surface area contributed by atoms with Crippen LogP contribution in [0.2, 0.25) is 0 Å². The molecule has 0 aliphatic heterocycles. The van der Waals surface area contributed by atoms with E-state index in [2.05, 4.69) is 54.3 Å². The van der Waals surface area contributed by atoms with Crippen molar-refractivity contribution in [2.24, 2.45) is 5.10 Å². The quantitative estimate of drug-likeness (QED) is 0.395. The van der Waals surface area contributed by atoms with Crippen molar-refractivity contribution in [3.05, 3.63) is 48.0 Å². The van der Waals surface area contributed by atoms with Gasteiger partial charge in [-0.1, -0.05) is 41.5 Å². The second-order valence-electron chi connectivity index (χ2n) is 4.55. The van der Waals surface area contributed by atoms with Gasteiger partial charge in [-0.05, 0) is 11.3 Å². The van der Waals surface area contributed by atoms with Crippen LogP contribution < -0.4 is 5.43 Å². The molecule has 7 heteroatoms. The number of hydrogen-bond acceptors (Lipinski definition) is 5. The average molecular weight is 277 g/mol. The topological polar surface area (TPSA) is 94.6 Å². The van der Waals surface area contributed by atoms with E-state index >= 15 is 0 Å². The first-order valence-electron chi connectivity index (χ1n) is 6.44. The number of hydrazone groups is 1. The molecule has 0 saturated heterocycles. The monoisotopic (exact) mass is 277 g/mol. The molecule has 0 fully saturated rings. The minimum Gasteiger partial charge on any atom is -0.354 e. The molecule has 2 heterocycles.